The molecule has 1 amide bonds. The normalized spacial score (nSPS) is 15.8. The van der Waals surface area contributed by atoms with E-state index in [9.17, 15) is 4.79 Å². The van der Waals surface area contributed by atoms with Crippen LogP contribution in [0.1, 0.15) is 37.7 Å². The van der Waals surface area contributed by atoms with E-state index in [0.29, 0.717) is 0 Å². The van der Waals surface area contributed by atoms with E-state index in [0.717, 1.165) is 37.3 Å². The number of amides is 1. The minimum absolute atomic E-state index is 0.253. The Labute approximate surface area is 114 Å². The van der Waals surface area contributed by atoms with Gasteiger partial charge in [-0.05, 0) is 43.4 Å². The molecule has 1 aliphatic rings. The first kappa shape index (κ1) is 13.4. The Morgan fingerprint density at radius 2 is 1.89 bits per heavy atom. The van der Waals surface area contributed by atoms with Gasteiger partial charge in [0.05, 0.1) is 0 Å². The summed E-state index contributed by atoms with van der Waals surface area (Å²) < 4.78 is 0. The van der Waals surface area contributed by atoms with Gasteiger partial charge in [-0.25, -0.2) is 0 Å². The second-order valence-corrected chi connectivity index (χ2v) is 5.44. The first-order chi connectivity index (χ1) is 8.75. The summed E-state index contributed by atoms with van der Waals surface area (Å²) in [6.07, 6.45) is 6.54. The molecule has 1 aliphatic carbocycles. The van der Waals surface area contributed by atoms with Crippen LogP contribution < -0.4 is 5.32 Å². The van der Waals surface area contributed by atoms with E-state index < -0.39 is 0 Å². The van der Waals surface area contributed by atoms with Crippen LogP contribution in [0.25, 0.3) is 0 Å². The maximum absolute atomic E-state index is 11.8. The summed E-state index contributed by atoms with van der Waals surface area (Å²) in [4.78, 5) is 11.8. The van der Waals surface area contributed by atoms with Crippen LogP contribution >= 0.6 is 11.6 Å². The average molecular weight is 266 g/mol. The number of hydrogen-bond donors (Lipinski definition) is 1. The third kappa shape index (κ3) is 4.02. The van der Waals surface area contributed by atoms with Crippen LogP contribution in [-0.4, -0.2) is 12.5 Å². The molecule has 1 N–H and O–H groups in total. The van der Waals surface area contributed by atoms with Gasteiger partial charge >= 0.3 is 0 Å². The van der Waals surface area contributed by atoms with Crippen molar-refractivity contribution in [3.8, 4) is 0 Å². The van der Waals surface area contributed by atoms with Crippen molar-refractivity contribution in [2.45, 2.75) is 38.5 Å². The maximum Gasteiger partial charge on any atom is 0.223 e. The highest BCUT2D eigenvalue weighted by Gasteiger charge is 2.21. The fourth-order valence-electron chi connectivity index (χ4n) is 2.49. The Morgan fingerprint density at radius 1 is 1.22 bits per heavy atom. The molecule has 2 rings (SSSR count). The molecule has 0 heterocycles. The molecule has 2 nitrogen and oxygen atoms in total. The summed E-state index contributed by atoms with van der Waals surface area (Å²) in [6.45, 7) is 0.776. The van der Waals surface area contributed by atoms with Gasteiger partial charge in [-0.3, -0.25) is 4.79 Å². The molecule has 3 heteroatoms. The van der Waals surface area contributed by atoms with Crippen molar-refractivity contribution in [2.24, 2.45) is 5.92 Å². The molecule has 0 spiro atoms. The van der Waals surface area contributed by atoms with Crippen molar-refractivity contribution in [2.75, 3.05) is 6.54 Å². The molecule has 0 aliphatic heterocycles. The fourth-order valence-corrected chi connectivity index (χ4v) is 2.61. The number of rotatable bonds is 5. The van der Waals surface area contributed by atoms with Crippen molar-refractivity contribution in [3.05, 3.63) is 34.9 Å². The summed E-state index contributed by atoms with van der Waals surface area (Å²) in [7, 11) is 0. The van der Waals surface area contributed by atoms with Crippen molar-refractivity contribution in [3.63, 3.8) is 0 Å². The Bertz CT molecular complexity index is 382. The lowest BCUT2D eigenvalue weighted by molar-refractivity contribution is -0.124. The number of carbonyl (C=O) groups excluding carboxylic acids is 1. The third-order valence-electron chi connectivity index (χ3n) is 3.58. The summed E-state index contributed by atoms with van der Waals surface area (Å²) in [6, 6.07) is 7.91. The Balaban J connectivity index is 1.63. The Hall–Kier alpha value is -1.02. The molecule has 1 fully saturated rings. The Morgan fingerprint density at radius 3 is 2.56 bits per heavy atom. The maximum atomic E-state index is 11.8. The van der Waals surface area contributed by atoms with Gasteiger partial charge in [-0.15, -0.1) is 0 Å². The molecule has 0 saturated heterocycles. The summed E-state index contributed by atoms with van der Waals surface area (Å²) in [5, 5.41) is 3.81. The predicted octanol–water partition coefficient (Wildman–Crippen LogP) is 3.58. The van der Waals surface area contributed by atoms with E-state index in [-0.39, 0.29) is 11.8 Å². The van der Waals surface area contributed by atoms with Gasteiger partial charge in [0.1, 0.15) is 0 Å². The first-order valence-electron chi connectivity index (χ1n) is 6.78. The van der Waals surface area contributed by atoms with E-state index in [4.69, 9.17) is 11.6 Å². The van der Waals surface area contributed by atoms with E-state index in [1.54, 1.807) is 0 Å². The zero-order valence-corrected chi connectivity index (χ0v) is 11.4. The molecule has 0 bridgehead atoms. The molecule has 18 heavy (non-hydrogen) atoms. The summed E-state index contributed by atoms with van der Waals surface area (Å²) in [5.41, 5.74) is 1.27. The average Bonchev–Trinajstić information content (AvgIpc) is 2.90. The van der Waals surface area contributed by atoms with Crippen molar-refractivity contribution in [1.29, 1.82) is 0 Å². The highest BCUT2D eigenvalue weighted by atomic mass is 35.5. The summed E-state index contributed by atoms with van der Waals surface area (Å²) in [5.74, 6) is 0.532. The minimum Gasteiger partial charge on any atom is -0.356 e. The second kappa shape index (κ2) is 6.79. The zero-order chi connectivity index (χ0) is 12.8. The van der Waals surface area contributed by atoms with Crippen molar-refractivity contribution in [1.82, 2.24) is 5.32 Å². The van der Waals surface area contributed by atoms with Crippen LogP contribution in [0.15, 0.2) is 24.3 Å². The molecule has 0 unspecified atom stereocenters. The minimum atomic E-state index is 0.253. The fraction of sp³-hybridized carbons (Fsp3) is 0.533. The van der Waals surface area contributed by atoms with Crippen molar-refractivity contribution >= 4 is 17.5 Å². The van der Waals surface area contributed by atoms with Gasteiger partial charge in [0.25, 0.3) is 0 Å². The topological polar surface area (TPSA) is 29.1 Å². The second-order valence-electron chi connectivity index (χ2n) is 5.00. The van der Waals surface area contributed by atoms with Gasteiger partial charge in [0, 0.05) is 17.5 Å². The largest absolute Gasteiger partial charge is 0.356 e. The van der Waals surface area contributed by atoms with Gasteiger partial charge in [-0.2, -0.15) is 0 Å². The lowest BCUT2D eigenvalue weighted by atomic mass is 10.1. The summed E-state index contributed by atoms with van der Waals surface area (Å²) >= 11 is 5.83. The molecule has 1 aromatic carbocycles. The first-order valence-corrected chi connectivity index (χ1v) is 7.15. The van der Waals surface area contributed by atoms with Gasteiger partial charge in [0.15, 0.2) is 0 Å². The molecule has 1 saturated carbocycles. The predicted molar refractivity (Wildman–Crippen MR) is 74.7 cm³/mol. The van der Waals surface area contributed by atoms with Crippen LogP contribution in [0.2, 0.25) is 5.02 Å². The number of aryl methyl sites for hydroxylation is 1. The monoisotopic (exact) mass is 265 g/mol. The van der Waals surface area contributed by atoms with Gasteiger partial charge in [0.2, 0.25) is 5.91 Å². The number of carbonyl (C=O) groups is 1. The van der Waals surface area contributed by atoms with E-state index in [2.05, 4.69) is 5.32 Å². The lowest BCUT2D eigenvalue weighted by Crippen LogP contribution is -2.30. The van der Waals surface area contributed by atoms with Crippen LogP contribution in [0.3, 0.4) is 0 Å². The molecule has 0 aromatic heterocycles. The number of halogens is 1. The number of nitrogens with one attached hydrogen (secondary N) is 1. The third-order valence-corrected chi connectivity index (χ3v) is 3.83. The van der Waals surface area contributed by atoms with Crippen LogP contribution in [0, 0.1) is 5.92 Å². The number of hydrogen-bond acceptors (Lipinski definition) is 1. The Kier molecular flexibility index (Phi) is 5.06. The smallest absolute Gasteiger partial charge is 0.223 e. The van der Waals surface area contributed by atoms with E-state index in [1.807, 2.05) is 24.3 Å². The molecular weight excluding hydrogens is 246 g/mol. The number of benzene rings is 1. The van der Waals surface area contributed by atoms with Crippen molar-refractivity contribution < 1.29 is 4.79 Å². The van der Waals surface area contributed by atoms with Crippen LogP contribution in [0.4, 0.5) is 0 Å². The molecule has 0 radical (unpaired) electrons. The zero-order valence-electron chi connectivity index (χ0n) is 10.6. The lowest BCUT2D eigenvalue weighted by Gasteiger charge is -2.10. The molecule has 98 valence electrons. The molecule has 0 atom stereocenters. The van der Waals surface area contributed by atoms with Gasteiger partial charge in [-0.1, -0.05) is 36.6 Å². The van der Waals surface area contributed by atoms with Crippen LogP contribution in [-0.2, 0) is 11.2 Å². The molecule has 1 aromatic rings. The van der Waals surface area contributed by atoms with Gasteiger partial charge < -0.3 is 5.32 Å². The standard InChI is InChI=1S/C15H20ClNO/c16-14-9-7-12(8-10-14)4-3-11-17-15(18)13-5-1-2-6-13/h7-10,13H,1-6,11H2,(H,17,18). The van der Waals surface area contributed by atoms with Crippen LogP contribution in [0.5, 0.6) is 0 Å². The molecular formula is C15H20ClNO. The van der Waals surface area contributed by atoms with E-state index in [1.165, 1.54) is 18.4 Å². The quantitative estimate of drug-likeness (QED) is 0.810. The SMILES string of the molecule is O=C(NCCCc1ccc(Cl)cc1)C1CCCC1. The highest BCUT2D eigenvalue weighted by Crippen LogP contribution is 2.24. The van der Waals surface area contributed by atoms with E-state index >= 15 is 0 Å². The highest BCUT2D eigenvalue weighted by molar-refractivity contribution is 6.30.